The molecule has 0 radical (unpaired) electrons. The summed E-state index contributed by atoms with van der Waals surface area (Å²) in [4.78, 5) is 18.7. The summed E-state index contributed by atoms with van der Waals surface area (Å²) in [5.41, 5.74) is 8.43. The highest BCUT2D eigenvalue weighted by atomic mass is 16.2. The van der Waals surface area contributed by atoms with E-state index in [1.54, 1.807) is 12.4 Å². The van der Waals surface area contributed by atoms with E-state index in [4.69, 9.17) is 5.73 Å². The number of carbonyl (C=O) groups excluding carboxylic acids is 1. The number of aromatic nitrogens is 1. The highest BCUT2D eigenvalue weighted by Gasteiger charge is 2.35. The SMILES string of the molecule is CC(C(=O)N1C[C@@H](N)[C@H](c2ccccc2)C1)c1cccnc1. The molecule has 0 aliphatic carbocycles. The van der Waals surface area contributed by atoms with Gasteiger partial charge in [-0.15, -0.1) is 0 Å². The van der Waals surface area contributed by atoms with Gasteiger partial charge in [0.1, 0.15) is 0 Å². The maximum absolute atomic E-state index is 12.7. The molecule has 3 rings (SSSR count). The number of hydrogen-bond donors (Lipinski definition) is 1. The van der Waals surface area contributed by atoms with E-state index in [0.717, 1.165) is 5.56 Å². The van der Waals surface area contributed by atoms with Crippen molar-refractivity contribution in [1.29, 1.82) is 0 Å². The average molecular weight is 295 g/mol. The Morgan fingerprint density at radius 1 is 1.23 bits per heavy atom. The number of pyridine rings is 1. The van der Waals surface area contributed by atoms with Crippen molar-refractivity contribution in [3.8, 4) is 0 Å². The van der Waals surface area contributed by atoms with Gasteiger partial charge in [0.15, 0.2) is 0 Å². The van der Waals surface area contributed by atoms with Crippen LogP contribution in [-0.2, 0) is 4.79 Å². The molecule has 2 aromatic rings. The molecule has 1 fully saturated rings. The Bertz CT molecular complexity index is 629. The van der Waals surface area contributed by atoms with E-state index in [1.165, 1.54) is 5.56 Å². The van der Waals surface area contributed by atoms with Gasteiger partial charge in [0, 0.05) is 37.4 Å². The van der Waals surface area contributed by atoms with E-state index in [-0.39, 0.29) is 23.8 Å². The van der Waals surface area contributed by atoms with Gasteiger partial charge in [0.05, 0.1) is 5.92 Å². The van der Waals surface area contributed by atoms with Crippen LogP contribution < -0.4 is 5.73 Å². The third-order valence-corrected chi connectivity index (χ3v) is 4.46. The van der Waals surface area contributed by atoms with Gasteiger partial charge >= 0.3 is 0 Å². The van der Waals surface area contributed by atoms with E-state index >= 15 is 0 Å². The third kappa shape index (κ3) is 2.88. The Kier molecular flexibility index (Phi) is 4.20. The zero-order valence-corrected chi connectivity index (χ0v) is 12.7. The van der Waals surface area contributed by atoms with Gasteiger partial charge in [-0.1, -0.05) is 36.4 Å². The molecule has 0 bridgehead atoms. The van der Waals surface area contributed by atoms with Crippen LogP contribution in [0.25, 0.3) is 0 Å². The van der Waals surface area contributed by atoms with Crippen LogP contribution in [0.5, 0.6) is 0 Å². The first-order valence-electron chi connectivity index (χ1n) is 7.66. The Labute approximate surface area is 131 Å². The molecular formula is C18H21N3O. The summed E-state index contributed by atoms with van der Waals surface area (Å²) in [6, 6.07) is 14.0. The van der Waals surface area contributed by atoms with Crippen LogP contribution >= 0.6 is 0 Å². The monoisotopic (exact) mass is 295 g/mol. The van der Waals surface area contributed by atoms with E-state index in [0.29, 0.717) is 13.1 Å². The summed E-state index contributed by atoms with van der Waals surface area (Å²) in [5, 5.41) is 0. The quantitative estimate of drug-likeness (QED) is 0.943. The largest absolute Gasteiger partial charge is 0.340 e. The molecule has 1 amide bonds. The summed E-state index contributed by atoms with van der Waals surface area (Å²) in [6.07, 6.45) is 3.48. The van der Waals surface area contributed by atoms with E-state index in [9.17, 15) is 4.79 Å². The van der Waals surface area contributed by atoms with Crippen LogP contribution in [-0.4, -0.2) is 34.9 Å². The van der Waals surface area contributed by atoms with Crippen molar-refractivity contribution in [1.82, 2.24) is 9.88 Å². The lowest BCUT2D eigenvalue weighted by atomic mass is 9.95. The van der Waals surface area contributed by atoms with Crippen LogP contribution in [0.2, 0.25) is 0 Å². The average Bonchev–Trinajstić information content (AvgIpc) is 2.97. The summed E-state index contributed by atoms with van der Waals surface area (Å²) in [7, 11) is 0. The Balaban J connectivity index is 1.73. The minimum absolute atomic E-state index is 0.00699. The molecule has 22 heavy (non-hydrogen) atoms. The maximum Gasteiger partial charge on any atom is 0.229 e. The molecule has 2 N–H and O–H groups in total. The zero-order chi connectivity index (χ0) is 15.5. The molecule has 114 valence electrons. The van der Waals surface area contributed by atoms with Crippen molar-refractivity contribution in [3.63, 3.8) is 0 Å². The molecule has 1 aliphatic heterocycles. The third-order valence-electron chi connectivity index (χ3n) is 4.46. The van der Waals surface area contributed by atoms with Crippen LogP contribution in [0.4, 0.5) is 0 Å². The Hall–Kier alpha value is -2.20. The van der Waals surface area contributed by atoms with Crippen molar-refractivity contribution < 1.29 is 4.79 Å². The molecule has 1 unspecified atom stereocenters. The topological polar surface area (TPSA) is 59.2 Å². The lowest BCUT2D eigenvalue weighted by molar-refractivity contribution is -0.131. The highest BCUT2D eigenvalue weighted by molar-refractivity contribution is 5.83. The highest BCUT2D eigenvalue weighted by Crippen LogP contribution is 2.28. The van der Waals surface area contributed by atoms with Crippen molar-refractivity contribution >= 4 is 5.91 Å². The summed E-state index contributed by atoms with van der Waals surface area (Å²) >= 11 is 0. The van der Waals surface area contributed by atoms with Crippen molar-refractivity contribution in [3.05, 3.63) is 66.0 Å². The zero-order valence-electron chi connectivity index (χ0n) is 12.7. The van der Waals surface area contributed by atoms with Crippen LogP contribution in [0.15, 0.2) is 54.9 Å². The maximum atomic E-state index is 12.7. The number of nitrogens with zero attached hydrogens (tertiary/aromatic N) is 2. The van der Waals surface area contributed by atoms with Crippen molar-refractivity contribution in [2.75, 3.05) is 13.1 Å². The second-order valence-electron chi connectivity index (χ2n) is 5.93. The first kappa shape index (κ1) is 14.7. The van der Waals surface area contributed by atoms with Crippen molar-refractivity contribution in [2.45, 2.75) is 24.8 Å². The molecule has 4 nitrogen and oxygen atoms in total. The Morgan fingerprint density at radius 2 is 2.00 bits per heavy atom. The fourth-order valence-corrected chi connectivity index (χ4v) is 3.11. The van der Waals surface area contributed by atoms with E-state index in [1.807, 2.05) is 42.2 Å². The second kappa shape index (κ2) is 6.28. The number of benzene rings is 1. The molecule has 1 aromatic carbocycles. The number of rotatable bonds is 3. The number of likely N-dealkylation sites (tertiary alicyclic amines) is 1. The van der Waals surface area contributed by atoms with Crippen LogP contribution in [0.3, 0.4) is 0 Å². The predicted octanol–water partition coefficient (Wildman–Crippen LogP) is 2.14. The lowest BCUT2D eigenvalue weighted by Crippen LogP contribution is -2.34. The molecular weight excluding hydrogens is 274 g/mol. The Morgan fingerprint density at radius 3 is 2.68 bits per heavy atom. The first-order valence-corrected chi connectivity index (χ1v) is 7.66. The predicted molar refractivity (Wildman–Crippen MR) is 86.4 cm³/mol. The standard InChI is InChI=1S/C18H21N3O/c1-13(15-8-5-9-20-10-15)18(22)21-11-16(17(19)12-21)14-6-3-2-4-7-14/h2-10,13,16-17H,11-12,19H2,1H3/t13?,16-,17+/m0/s1. The molecule has 1 saturated heterocycles. The molecule has 0 saturated carbocycles. The van der Waals surface area contributed by atoms with E-state index < -0.39 is 0 Å². The fourth-order valence-electron chi connectivity index (χ4n) is 3.11. The summed E-state index contributed by atoms with van der Waals surface area (Å²) < 4.78 is 0. The molecule has 3 atom stereocenters. The minimum atomic E-state index is -0.185. The van der Waals surface area contributed by atoms with E-state index in [2.05, 4.69) is 17.1 Å². The normalized spacial score (nSPS) is 22.5. The molecule has 1 aliphatic rings. The van der Waals surface area contributed by atoms with Crippen LogP contribution in [0.1, 0.15) is 29.9 Å². The van der Waals surface area contributed by atoms with Gasteiger partial charge in [-0.2, -0.15) is 0 Å². The van der Waals surface area contributed by atoms with Gasteiger partial charge < -0.3 is 10.6 Å². The first-order chi connectivity index (χ1) is 10.7. The van der Waals surface area contributed by atoms with Gasteiger partial charge in [-0.25, -0.2) is 0 Å². The van der Waals surface area contributed by atoms with Crippen LogP contribution in [0, 0.1) is 0 Å². The fraction of sp³-hybridized carbons (Fsp3) is 0.333. The number of hydrogen-bond acceptors (Lipinski definition) is 3. The van der Waals surface area contributed by atoms with Gasteiger partial charge in [0.25, 0.3) is 0 Å². The second-order valence-corrected chi connectivity index (χ2v) is 5.93. The molecule has 0 spiro atoms. The molecule has 4 heteroatoms. The van der Waals surface area contributed by atoms with Gasteiger partial charge in [-0.3, -0.25) is 9.78 Å². The van der Waals surface area contributed by atoms with Crippen molar-refractivity contribution in [2.24, 2.45) is 5.73 Å². The number of nitrogens with two attached hydrogens (primary N) is 1. The number of amides is 1. The lowest BCUT2D eigenvalue weighted by Gasteiger charge is -2.21. The number of carbonyl (C=O) groups is 1. The van der Waals surface area contributed by atoms with Gasteiger partial charge in [0.2, 0.25) is 5.91 Å². The molecule has 1 aromatic heterocycles. The smallest absolute Gasteiger partial charge is 0.229 e. The van der Waals surface area contributed by atoms with Gasteiger partial charge in [-0.05, 0) is 24.1 Å². The molecule has 2 heterocycles. The minimum Gasteiger partial charge on any atom is -0.340 e. The summed E-state index contributed by atoms with van der Waals surface area (Å²) in [5.74, 6) is 0.156. The summed E-state index contributed by atoms with van der Waals surface area (Å²) in [6.45, 7) is 3.23.